The summed E-state index contributed by atoms with van der Waals surface area (Å²) >= 11 is 1.23. The molecule has 2 N–H and O–H groups in total. The van der Waals surface area contributed by atoms with Crippen molar-refractivity contribution in [1.29, 1.82) is 0 Å². The normalized spacial score (nSPS) is 14.3. The second-order valence-electron chi connectivity index (χ2n) is 5.08. The second kappa shape index (κ2) is 6.69. The third-order valence-electron chi connectivity index (χ3n) is 2.61. The van der Waals surface area contributed by atoms with Crippen LogP contribution in [0.25, 0.3) is 0 Å². The quantitative estimate of drug-likeness (QED) is 0.745. The molecule has 0 aromatic carbocycles. The van der Waals surface area contributed by atoms with E-state index in [-0.39, 0.29) is 11.7 Å². The third kappa shape index (κ3) is 4.48. The molecule has 0 radical (unpaired) electrons. The lowest BCUT2D eigenvalue weighted by atomic mass is 10.2. The van der Waals surface area contributed by atoms with Gasteiger partial charge in [0, 0.05) is 6.54 Å². The van der Waals surface area contributed by atoms with Gasteiger partial charge in [0.1, 0.15) is 0 Å². The van der Waals surface area contributed by atoms with Crippen molar-refractivity contribution in [2.45, 2.75) is 37.9 Å². The number of carbonyl (C=O) groups excluding carboxylic acids is 2. The van der Waals surface area contributed by atoms with Crippen LogP contribution in [0.5, 0.6) is 0 Å². The van der Waals surface area contributed by atoms with Gasteiger partial charge in [0.15, 0.2) is 0 Å². The number of hydrogen-bond acceptors (Lipinski definition) is 6. The molecule has 0 aliphatic heterocycles. The van der Waals surface area contributed by atoms with Crippen LogP contribution in [-0.4, -0.2) is 44.4 Å². The molecule has 110 valence electrons. The Kier molecular flexibility index (Phi) is 4.94. The molecule has 20 heavy (non-hydrogen) atoms. The summed E-state index contributed by atoms with van der Waals surface area (Å²) in [4.78, 5) is 23.0. The zero-order valence-corrected chi connectivity index (χ0v) is 12.3. The Bertz CT molecular complexity index is 485. The molecule has 1 saturated carbocycles. The minimum absolute atomic E-state index is 0.113. The SMILES string of the molecule is CC(C)CNC(=O)NC(=O)CSc1nnnn1C1CC1. The van der Waals surface area contributed by atoms with Crippen LogP contribution >= 0.6 is 11.8 Å². The molecular formula is C11H18N6O2S. The van der Waals surface area contributed by atoms with E-state index < -0.39 is 6.03 Å². The van der Waals surface area contributed by atoms with E-state index in [0.717, 1.165) is 12.8 Å². The van der Waals surface area contributed by atoms with E-state index in [0.29, 0.717) is 23.7 Å². The van der Waals surface area contributed by atoms with E-state index in [9.17, 15) is 9.59 Å². The number of imide groups is 1. The smallest absolute Gasteiger partial charge is 0.321 e. The molecule has 3 amide bonds. The summed E-state index contributed by atoms with van der Waals surface area (Å²) < 4.78 is 1.73. The van der Waals surface area contributed by atoms with E-state index >= 15 is 0 Å². The first-order valence-electron chi connectivity index (χ1n) is 6.54. The Morgan fingerprint density at radius 1 is 1.45 bits per heavy atom. The van der Waals surface area contributed by atoms with Gasteiger partial charge in [-0.3, -0.25) is 10.1 Å². The fourth-order valence-corrected chi connectivity index (χ4v) is 2.21. The van der Waals surface area contributed by atoms with Crippen molar-refractivity contribution in [3.63, 3.8) is 0 Å². The zero-order valence-electron chi connectivity index (χ0n) is 11.5. The first kappa shape index (κ1) is 14.8. The molecule has 1 aliphatic rings. The van der Waals surface area contributed by atoms with E-state index in [1.165, 1.54) is 11.8 Å². The van der Waals surface area contributed by atoms with Gasteiger partial charge >= 0.3 is 6.03 Å². The Balaban J connectivity index is 1.72. The van der Waals surface area contributed by atoms with Crippen molar-refractivity contribution in [3.05, 3.63) is 0 Å². The van der Waals surface area contributed by atoms with E-state index in [2.05, 4.69) is 26.2 Å². The van der Waals surface area contributed by atoms with Gasteiger partial charge in [-0.15, -0.1) is 5.10 Å². The Hall–Kier alpha value is -1.64. The molecular weight excluding hydrogens is 280 g/mol. The molecule has 1 heterocycles. The highest BCUT2D eigenvalue weighted by molar-refractivity contribution is 7.99. The maximum Gasteiger partial charge on any atom is 0.321 e. The van der Waals surface area contributed by atoms with E-state index in [1.54, 1.807) is 4.68 Å². The van der Waals surface area contributed by atoms with Gasteiger partial charge in [0.05, 0.1) is 11.8 Å². The Morgan fingerprint density at radius 3 is 2.85 bits per heavy atom. The predicted molar refractivity (Wildman–Crippen MR) is 73.2 cm³/mol. The lowest BCUT2D eigenvalue weighted by molar-refractivity contribution is -0.117. The highest BCUT2D eigenvalue weighted by Gasteiger charge is 2.28. The number of tetrazole rings is 1. The topological polar surface area (TPSA) is 102 Å². The van der Waals surface area contributed by atoms with E-state index in [4.69, 9.17) is 0 Å². The van der Waals surface area contributed by atoms with Crippen LogP contribution in [0.3, 0.4) is 0 Å². The molecule has 1 aromatic rings. The highest BCUT2D eigenvalue weighted by atomic mass is 32.2. The Labute approximate surface area is 121 Å². The molecule has 0 unspecified atom stereocenters. The van der Waals surface area contributed by atoms with Crippen LogP contribution in [0.15, 0.2) is 5.16 Å². The average Bonchev–Trinajstić information content (AvgIpc) is 3.13. The van der Waals surface area contributed by atoms with E-state index in [1.807, 2.05) is 13.8 Å². The number of rotatable bonds is 6. The van der Waals surface area contributed by atoms with Crippen LogP contribution in [0.2, 0.25) is 0 Å². The number of amides is 3. The predicted octanol–water partition coefficient (Wildman–Crippen LogP) is 0.582. The second-order valence-corrected chi connectivity index (χ2v) is 6.02. The number of carbonyl (C=O) groups is 2. The summed E-state index contributed by atoms with van der Waals surface area (Å²) in [5.41, 5.74) is 0. The lowest BCUT2D eigenvalue weighted by Gasteiger charge is -2.08. The largest absolute Gasteiger partial charge is 0.338 e. The third-order valence-corrected chi connectivity index (χ3v) is 3.54. The molecule has 1 aromatic heterocycles. The molecule has 8 nitrogen and oxygen atoms in total. The molecule has 1 fully saturated rings. The van der Waals surface area contributed by atoms with Crippen LogP contribution < -0.4 is 10.6 Å². The number of hydrogen-bond donors (Lipinski definition) is 2. The average molecular weight is 298 g/mol. The van der Waals surface area contributed by atoms with Gasteiger partial charge in [-0.2, -0.15) is 0 Å². The monoisotopic (exact) mass is 298 g/mol. The number of urea groups is 1. The Morgan fingerprint density at radius 2 is 2.20 bits per heavy atom. The van der Waals surface area contributed by atoms with Crippen LogP contribution in [0.1, 0.15) is 32.7 Å². The standard InChI is InChI=1S/C11H18N6O2S/c1-7(2)5-12-10(19)13-9(18)6-20-11-14-15-16-17(11)8-3-4-8/h7-8H,3-6H2,1-2H3,(H2,12,13,18,19). The van der Waals surface area contributed by atoms with Crippen LogP contribution in [0, 0.1) is 5.92 Å². The van der Waals surface area contributed by atoms with Gasteiger partial charge in [-0.25, -0.2) is 9.48 Å². The minimum atomic E-state index is -0.467. The van der Waals surface area contributed by atoms with Crippen molar-refractivity contribution < 1.29 is 9.59 Å². The minimum Gasteiger partial charge on any atom is -0.338 e. The summed E-state index contributed by atoms with van der Waals surface area (Å²) in [6, 6.07) is -0.101. The number of nitrogens with one attached hydrogen (secondary N) is 2. The first-order valence-corrected chi connectivity index (χ1v) is 7.53. The number of nitrogens with zero attached hydrogens (tertiary/aromatic N) is 4. The van der Waals surface area contributed by atoms with Crippen molar-refractivity contribution >= 4 is 23.7 Å². The van der Waals surface area contributed by atoms with Gasteiger partial charge in [0.25, 0.3) is 0 Å². The van der Waals surface area contributed by atoms with Crippen molar-refractivity contribution in [2.24, 2.45) is 5.92 Å². The highest BCUT2D eigenvalue weighted by Crippen LogP contribution is 2.36. The summed E-state index contributed by atoms with van der Waals surface area (Å²) in [7, 11) is 0. The maximum atomic E-state index is 11.6. The van der Waals surface area contributed by atoms with Crippen molar-refractivity contribution in [3.8, 4) is 0 Å². The number of aromatic nitrogens is 4. The van der Waals surface area contributed by atoms with Crippen LogP contribution in [-0.2, 0) is 4.79 Å². The van der Waals surface area contributed by atoms with Crippen molar-refractivity contribution in [2.75, 3.05) is 12.3 Å². The molecule has 0 bridgehead atoms. The summed E-state index contributed by atoms with van der Waals surface area (Å²) in [5.74, 6) is 0.0948. The molecule has 0 saturated heterocycles. The molecule has 9 heteroatoms. The lowest BCUT2D eigenvalue weighted by Crippen LogP contribution is -2.41. The first-order chi connectivity index (χ1) is 9.56. The van der Waals surface area contributed by atoms with Gasteiger partial charge in [-0.05, 0) is 29.2 Å². The van der Waals surface area contributed by atoms with Gasteiger partial charge in [-0.1, -0.05) is 25.6 Å². The summed E-state index contributed by atoms with van der Waals surface area (Å²) in [6.07, 6.45) is 2.14. The van der Waals surface area contributed by atoms with Gasteiger partial charge < -0.3 is 5.32 Å². The zero-order chi connectivity index (χ0) is 14.5. The van der Waals surface area contributed by atoms with Gasteiger partial charge in [0.2, 0.25) is 11.1 Å². The molecule has 1 aliphatic carbocycles. The molecule has 0 atom stereocenters. The maximum absolute atomic E-state index is 11.6. The fourth-order valence-electron chi connectivity index (χ4n) is 1.46. The number of thioether (sulfide) groups is 1. The molecule has 2 rings (SSSR count). The van der Waals surface area contributed by atoms with Crippen LogP contribution in [0.4, 0.5) is 4.79 Å². The van der Waals surface area contributed by atoms with Crippen molar-refractivity contribution in [1.82, 2.24) is 30.8 Å². The summed E-state index contributed by atoms with van der Waals surface area (Å²) in [6.45, 7) is 4.50. The summed E-state index contributed by atoms with van der Waals surface area (Å²) in [5, 5.41) is 16.9. The molecule has 0 spiro atoms. The fraction of sp³-hybridized carbons (Fsp3) is 0.727.